The van der Waals surface area contributed by atoms with Crippen LogP contribution in [0.4, 0.5) is 10.8 Å². The summed E-state index contributed by atoms with van der Waals surface area (Å²) >= 11 is 7.89. The van der Waals surface area contributed by atoms with E-state index >= 15 is 0 Å². The maximum Gasteiger partial charge on any atom is 0.343 e. The molecular formula is C23H21ClN4O2S. The summed E-state index contributed by atoms with van der Waals surface area (Å²) in [4.78, 5) is 17.1. The Hall–Kier alpha value is -3.16. The highest BCUT2D eigenvalue weighted by Crippen LogP contribution is 2.24. The molecule has 6 nitrogen and oxygen atoms in total. The van der Waals surface area contributed by atoms with Crippen LogP contribution in [-0.4, -0.2) is 20.7 Å². The Morgan fingerprint density at radius 3 is 2.61 bits per heavy atom. The monoisotopic (exact) mass is 452 g/mol. The molecule has 31 heavy (non-hydrogen) atoms. The molecule has 1 N–H and O–H groups in total. The summed E-state index contributed by atoms with van der Waals surface area (Å²) in [5.74, 6) is -0.511. The van der Waals surface area contributed by atoms with E-state index in [1.54, 1.807) is 11.6 Å². The number of thiazole rings is 1. The van der Waals surface area contributed by atoms with Crippen LogP contribution in [-0.2, 0) is 17.9 Å². The molecule has 0 atom stereocenters. The van der Waals surface area contributed by atoms with E-state index in [4.69, 9.17) is 16.3 Å². The van der Waals surface area contributed by atoms with Gasteiger partial charge in [-0.3, -0.25) is 0 Å². The number of nitrogens with zero attached hydrogens (tertiary/aromatic N) is 3. The standard InChI is InChI=1S/C23H21ClN4O2S/c1-15-8-10-18(11-9-15)25-23-26-19(14-31-23)13-30-22(29)20-16(2)27-28(21(20)24)12-17-6-4-3-5-7-17/h3-11,14H,12-13H2,1-2H3,(H,25,26). The number of hydrogen-bond donors (Lipinski definition) is 1. The van der Waals surface area contributed by atoms with Gasteiger partial charge in [0.2, 0.25) is 0 Å². The lowest BCUT2D eigenvalue weighted by Gasteiger charge is -2.05. The number of aryl methyl sites for hydroxylation is 2. The van der Waals surface area contributed by atoms with Crippen LogP contribution < -0.4 is 5.32 Å². The molecule has 0 aliphatic carbocycles. The first kappa shape index (κ1) is 21.1. The predicted molar refractivity (Wildman–Crippen MR) is 123 cm³/mol. The molecule has 0 aliphatic heterocycles. The number of nitrogens with one attached hydrogen (secondary N) is 1. The molecule has 2 aromatic heterocycles. The molecule has 2 aromatic carbocycles. The van der Waals surface area contributed by atoms with E-state index in [9.17, 15) is 4.79 Å². The fourth-order valence-corrected chi connectivity index (χ4v) is 4.08. The summed E-state index contributed by atoms with van der Waals surface area (Å²) in [6.45, 7) is 4.33. The molecule has 158 valence electrons. The van der Waals surface area contributed by atoms with Crippen molar-refractivity contribution in [3.05, 3.63) is 93.2 Å². The SMILES string of the molecule is Cc1ccc(Nc2nc(COC(=O)c3c(C)nn(Cc4ccccc4)c3Cl)cs2)cc1. The summed E-state index contributed by atoms with van der Waals surface area (Å²) in [7, 11) is 0. The molecule has 8 heteroatoms. The minimum Gasteiger partial charge on any atom is -0.455 e. The van der Waals surface area contributed by atoms with Gasteiger partial charge >= 0.3 is 5.97 Å². The Morgan fingerprint density at radius 2 is 1.87 bits per heavy atom. The van der Waals surface area contributed by atoms with Crippen LogP contribution in [0.2, 0.25) is 5.15 Å². The zero-order valence-electron chi connectivity index (χ0n) is 17.1. The third-order valence-corrected chi connectivity index (χ3v) is 5.84. The van der Waals surface area contributed by atoms with Crippen molar-refractivity contribution in [1.82, 2.24) is 14.8 Å². The number of esters is 1. The maximum absolute atomic E-state index is 12.7. The van der Waals surface area contributed by atoms with Crippen LogP contribution in [0.25, 0.3) is 0 Å². The summed E-state index contributed by atoms with van der Waals surface area (Å²) < 4.78 is 7.06. The van der Waals surface area contributed by atoms with Crippen molar-refractivity contribution >= 4 is 39.7 Å². The minimum absolute atomic E-state index is 0.0601. The Labute approximate surface area is 189 Å². The third kappa shape index (κ3) is 5.13. The minimum atomic E-state index is -0.511. The number of hydrogen-bond acceptors (Lipinski definition) is 6. The second-order valence-electron chi connectivity index (χ2n) is 7.11. The lowest BCUT2D eigenvalue weighted by atomic mass is 10.2. The van der Waals surface area contributed by atoms with E-state index < -0.39 is 5.97 Å². The topological polar surface area (TPSA) is 69.0 Å². The largest absolute Gasteiger partial charge is 0.455 e. The smallest absolute Gasteiger partial charge is 0.343 e. The van der Waals surface area contributed by atoms with E-state index in [1.165, 1.54) is 16.9 Å². The first-order valence-corrected chi connectivity index (χ1v) is 11.0. The normalized spacial score (nSPS) is 10.8. The number of halogens is 1. The molecular weight excluding hydrogens is 432 g/mol. The molecule has 0 radical (unpaired) electrons. The highest BCUT2D eigenvalue weighted by Gasteiger charge is 2.22. The van der Waals surface area contributed by atoms with E-state index in [0.29, 0.717) is 17.9 Å². The average Bonchev–Trinajstić information content (AvgIpc) is 3.32. The van der Waals surface area contributed by atoms with E-state index in [0.717, 1.165) is 16.4 Å². The van der Waals surface area contributed by atoms with Crippen molar-refractivity contribution < 1.29 is 9.53 Å². The predicted octanol–water partition coefficient (Wildman–Crippen LogP) is 5.76. The molecule has 0 saturated heterocycles. The Morgan fingerprint density at radius 1 is 1.13 bits per heavy atom. The van der Waals surface area contributed by atoms with Crippen molar-refractivity contribution in [2.45, 2.75) is 27.0 Å². The zero-order chi connectivity index (χ0) is 21.8. The summed E-state index contributed by atoms with van der Waals surface area (Å²) in [5.41, 5.74) is 4.67. The van der Waals surface area contributed by atoms with Crippen LogP contribution >= 0.6 is 22.9 Å². The number of carbonyl (C=O) groups excluding carboxylic acids is 1. The molecule has 0 bridgehead atoms. The number of anilines is 2. The van der Waals surface area contributed by atoms with Gasteiger partial charge in [-0.05, 0) is 31.5 Å². The highest BCUT2D eigenvalue weighted by molar-refractivity contribution is 7.13. The van der Waals surface area contributed by atoms with Gasteiger partial charge < -0.3 is 10.1 Å². The lowest BCUT2D eigenvalue weighted by molar-refractivity contribution is 0.0468. The molecule has 0 spiro atoms. The fraction of sp³-hybridized carbons (Fsp3) is 0.174. The Balaban J connectivity index is 1.39. The van der Waals surface area contributed by atoms with Crippen molar-refractivity contribution in [3.8, 4) is 0 Å². The number of rotatable bonds is 7. The number of benzene rings is 2. The number of aromatic nitrogens is 3. The van der Waals surface area contributed by atoms with Gasteiger partial charge in [0.15, 0.2) is 5.13 Å². The molecule has 2 heterocycles. The van der Waals surface area contributed by atoms with Gasteiger partial charge in [-0.2, -0.15) is 5.10 Å². The first-order valence-electron chi connectivity index (χ1n) is 9.71. The van der Waals surface area contributed by atoms with Crippen LogP contribution in [0.3, 0.4) is 0 Å². The van der Waals surface area contributed by atoms with Gasteiger partial charge in [0, 0.05) is 11.1 Å². The average molecular weight is 453 g/mol. The van der Waals surface area contributed by atoms with E-state index in [2.05, 4.69) is 15.4 Å². The number of carbonyl (C=O) groups is 1. The second-order valence-corrected chi connectivity index (χ2v) is 8.32. The van der Waals surface area contributed by atoms with Crippen molar-refractivity contribution in [1.29, 1.82) is 0 Å². The van der Waals surface area contributed by atoms with Crippen LogP contribution in [0.5, 0.6) is 0 Å². The quantitative estimate of drug-likeness (QED) is 0.361. The maximum atomic E-state index is 12.7. The fourth-order valence-electron chi connectivity index (χ4n) is 3.05. The van der Waals surface area contributed by atoms with Crippen molar-refractivity contribution in [3.63, 3.8) is 0 Å². The molecule has 0 saturated carbocycles. The van der Waals surface area contributed by atoms with Gasteiger partial charge in [0.25, 0.3) is 0 Å². The van der Waals surface area contributed by atoms with Crippen LogP contribution in [0.15, 0.2) is 60.0 Å². The highest BCUT2D eigenvalue weighted by atomic mass is 35.5. The molecule has 0 fully saturated rings. The van der Waals surface area contributed by atoms with Crippen LogP contribution in [0, 0.1) is 13.8 Å². The number of ether oxygens (including phenoxy) is 1. The molecule has 4 rings (SSSR count). The molecule has 0 amide bonds. The summed E-state index contributed by atoms with van der Waals surface area (Å²) in [6, 6.07) is 17.9. The lowest BCUT2D eigenvalue weighted by Crippen LogP contribution is -2.07. The van der Waals surface area contributed by atoms with Gasteiger partial charge in [0.05, 0.1) is 17.9 Å². The van der Waals surface area contributed by atoms with Gasteiger partial charge in [0.1, 0.15) is 17.3 Å². The van der Waals surface area contributed by atoms with E-state index in [1.807, 2.05) is 66.9 Å². The summed E-state index contributed by atoms with van der Waals surface area (Å²) in [5, 5.41) is 10.5. The second kappa shape index (κ2) is 9.32. The zero-order valence-corrected chi connectivity index (χ0v) is 18.7. The molecule has 4 aromatic rings. The van der Waals surface area contributed by atoms with E-state index in [-0.39, 0.29) is 17.3 Å². The van der Waals surface area contributed by atoms with Crippen molar-refractivity contribution in [2.75, 3.05) is 5.32 Å². The van der Waals surface area contributed by atoms with Crippen molar-refractivity contribution in [2.24, 2.45) is 0 Å². The molecule has 0 aliphatic rings. The van der Waals surface area contributed by atoms with Crippen LogP contribution in [0.1, 0.15) is 32.9 Å². The van der Waals surface area contributed by atoms with Gasteiger partial charge in [-0.25, -0.2) is 14.5 Å². The first-order chi connectivity index (χ1) is 15.0. The third-order valence-electron chi connectivity index (χ3n) is 4.65. The van der Waals surface area contributed by atoms with Gasteiger partial charge in [-0.1, -0.05) is 59.6 Å². The summed E-state index contributed by atoms with van der Waals surface area (Å²) in [6.07, 6.45) is 0. The Bertz CT molecular complexity index is 1190. The molecule has 0 unspecified atom stereocenters. The Kier molecular flexibility index (Phi) is 6.34. The van der Waals surface area contributed by atoms with Gasteiger partial charge in [-0.15, -0.1) is 11.3 Å².